The molecule has 2 N–H and O–H groups in total. The summed E-state index contributed by atoms with van der Waals surface area (Å²) in [5.41, 5.74) is 20.3. The number of nitrogen functional groups attached to an aromatic ring is 1. The van der Waals surface area contributed by atoms with Crippen molar-refractivity contribution in [3.63, 3.8) is 0 Å². The summed E-state index contributed by atoms with van der Waals surface area (Å²) in [6.07, 6.45) is 0. The van der Waals surface area contributed by atoms with Crippen molar-refractivity contribution in [2.24, 2.45) is 0 Å². The van der Waals surface area contributed by atoms with Gasteiger partial charge in [-0.2, -0.15) is 0 Å². The topological polar surface area (TPSA) is 103 Å². The summed E-state index contributed by atoms with van der Waals surface area (Å²) >= 11 is 0. The molecule has 9 aromatic carbocycles. The Morgan fingerprint density at radius 2 is 0.493 bits per heavy atom. The molecule has 0 saturated heterocycles. The van der Waals surface area contributed by atoms with Gasteiger partial charge in [-0.1, -0.05) is 212 Å². The standard InChI is InChI=1S/C60H41N7/c61-48-36-34-40(35-37-48)44-24-16-26-46(38-44)56-62-55(43-22-8-3-9-23-43)63-57(64-56)47-27-17-25-45(39-47)51-30-12-15-33-54(51)60-66-58(52-31-13-10-28-49(52)41-18-4-1-5-19-41)65-59(67-60)53-32-14-11-29-50(53)42-20-6-2-7-21-42/h1-39H,61H2. The molecule has 0 amide bonds. The molecule has 2 aromatic heterocycles. The summed E-state index contributed by atoms with van der Waals surface area (Å²) in [6, 6.07) is 80.1. The second-order valence-electron chi connectivity index (χ2n) is 16.1. The Labute approximate surface area is 389 Å². The lowest BCUT2D eigenvalue weighted by Crippen LogP contribution is -2.03. The highest BCUT2D eigenvalue weighted by Crippen LogP contribution is 2.38. The van der Waals surface area contributed by atoms with Gasteiger partial charge in [0.15, 0.2) is 34.9 Å². The second-order valence-corrected chi connectivity index (χ2v) is 16.1. The van der Waals surface area contributed by atoms with Crippen LogP contribution < -0.4 is 5.73 Å². The van der Waals surface area contributed by atoms with Crippen LogP contribution in [-0.4, -0.2) is 29.9 Å². The van der Waals surface area contributed by atoms with Crippen LogP contribution in [0.2, 0.25) is 0 Å². The SMILES string of the molecule is Nc1ccc(-c2cccc(-c3nc(-c4ccccc4)nc(-c4cccc(-c5ccccc5-c5nc(-c6ccccc6-c6ccccc6)nc(-c6ccccc6-c6ccccc6)n5)c4)n3)c2)cc1. The molecule has 0 bridgehead atoms. The Bertz CT molecular complexity index is 3420. The summed E-state index contributed by atoms with van der Waals surface area (Å²) in [7, 11) is 0. The zero-order valence-electron chi connectivity index (χ0n) is 36.3. The van der Waals surface area contributed by atoms with Crippen LogP contribution in [0.5, 0.6) is 0 Å². The molecule has 316 valence electrons. The monoisotopic (exact) mass is 859 g/mol. The van der Waals surface area contributed by atoms with Crippen LogP contribution in [-0.2, 0) is 0 Å². The van der Waals surface area contributed by atoms with E-state index in [-0.39, 0.29) is 0 Å². The summed E-state index contributed by atoms with van der Waals surface area (Å²) in [5, 5.41) is 0. The molecule has 7 heteroatoms. The molecule has 67 heavy (non-hydrogen) atoms. The van der Waals surface area contributed by atoms with Crippen LogP contribution in [0.15, 0.2) is 237 Å². The Morgan fingerprint density at radius 3 is 0.940 bits per heavy atom. The third-order valence-corrected chi connectivity index (χ3v) is 11.8. The number of benzene rings is 9. The largest absolute Gasteiger partial charge is 0.399 e. The number of aromatic nitrogens is 6. The molecule has 7 nitrogen and oxygen atoms in total. The number of rotatable bonds is 10. The smallest absolute Gasteiger partial charge is 0.164 e. The highest BCUT2D eigenvalue weighted by molar-refractivity contribution is 5.87. The lowest BCUT2D eigenvalue weighted by Gasteiger charge is -2.15. The maximum atomic E-state index is 6.02. The lowest BCUT2D eigenvalue weighted by atomic mass is 9.96. The van der Waals surface area contributed by atoms with Gasteiger partial charge in [0.1, 0.15) is 0 Å². The van der Waals surface area contributed by atoms with Gasteiger partial charge >= 0.3 is 0 Å². The van der Waals surface area contributed by atoms with E-state index in [0.29, 0.717) is 34.9 Å². The average Bonchev–Trinajstić information content (AvgIpc) is 3.41. The van der Waals surface area contributed by atoms with Crippen molar-refractivity contribution in [1.82, 2.24) is 29.9 Å². The lowest BCUT2D eigenvalue weighted by molar-refractivity contribution is 1.07. The molecular weight excluding hydrogens is 819 g/mol. The van der Waals surface area contributed by atoms with Crippen molar-refractivity contribution in [1.29, 1.82) is 0 Å². The van der Waals surface area contributed by atoms with E-state index >= 15 is 0 Å². The molecule has 0 unspecified atom stereocenters. The molecule has 11 aromatic rings. The van der Waals surface area contributed by atoms with Gasteiger partial charge in [0, 0.05) is 39.1 Å². The molecule has 0 atom stereocenters. The van der Waals surface area contributed by atoms with Crippen LogP contribution in [0.1, 0.15) is 0 Å². The Kier molecular flexibility index (Phi) is 11.0. The zero-order valence-corrected chi connectivity index (χ0v) is 36.3. The van der Waals surface area contributed by atoms with Gasteiger partial charge in [-0.3, -0.25) is 0 Å². The van der Waals surface area contributed by atoms with Crippen molar-refractivity contribution in [3.8, 4) is 113 Å². The molecule has 0 aliphatic carbocycles. The Hall–Kier alpha value is -9.20. The van der Waals surface area contributed by atoms with Crippen molar-refractivity contribution < 1.29 is 0 Å². The zero-order chi connectivity index (χ0) is 44.9. The van der Waals surface area contributed by atoms with Crippen molar-refractivity contribution in [2.75, 3.05) is 5.73 Å². The maximum Gasteiger partial charge on any atom is 0.164 e. The quantitative estimate of drug-likeness (QED) is 0.137. The highest BCUT2D eigenvalue weighted by Gasteiger charge is 2.20. The first-order chi connectivity index (χ1) is 33.1. The van der Waals surface area contributed by atoms with Gasteiger partial charge in [0.2, 0.25) is 0 Å². The fraction of sp³-hybridized carbons (Fsp3) is 0. The number of nitrogens with two attached hydrogens (primary N) is 1. The van der Waals surface area contributed by atoms with Crippen LogP contribution in [0, 0.1) is 0 Å². The highest BCUT2D eigenvalue weighted by atomic mass is 15.0. The predicted octanol–water partition coefficient (Wildman–Crippen LogP) is 14.3. The van der Waals surface area contributed by atoms with E-state index in [2.05, 4.69) is 121 Å². The molecule has 11 rings (SSSR count). The van der Waals surface area contributed by atoms with Crippen molar-refractivity contribution in [3.05, 3.63) is 237 Å². The minimum absolute atomic E-state index is 0.556. The number of anilines is 1. The molecule has 0 radical (unpaired) electrons. The van der Waals surface area contributed by atoms with Crippen LogP contribution in [0.25, 0.3) is 113 Å². The fourth-order valence-corrected chi connectivity index (χ4v) is 8.45. The van der Waals surface area contributed by atoms with Crippen molar-refractivity contribution in [2.45, 2.75) is 0 Å². The third-order valence-electron chi connectivity index (χ3n) is 11.8. The van der Waals surface area contributed by atoms with E-state index in [1.807, 2.05) is 115 Å². The fourth-order valence-electron chi connectivity index (χ4n) is 8.45. The molecular formula is C60H41N7. The van der Waals surface area contributed by atoms with E-state index in [1.54, 1.807) is 0 Å². The third kappa shape index (κ3) is 8.48. The van der Waals surface area contributed by atoms with E-state index in [1.165, 1.54) is 0 Å². The average molecular weight is 860 g/mol. The summed E-state index contributed by atoms with van der Waals surface area (Å²) in [6.45, 7) is 0. The Balaban J connectivity index is 1.06. The predicted molar refractivity (Wildman–Crippen MR) is 272 cm³/mol. The van der Waals surface area contributed by atoms with Gasteiger partial charge in [0.05, 0.1) is 0 Å². The van der Waals surface area contributed by atoms with E-state index in [0.717, 1.165) is 83.6 Å². The van der Waals surface area contributed by atoms with Gasteiger partial charge in [0.25, 0.3) is 0 Å². The second kappa shape index (κ2) is 18.1. The first-order valence-corrected chi connectivity index (χ1v) is 22.2. The maximum absolute atomic E-state index is 6.02. The van der Waals surface area contributed by atoms with Gasteiger partial charge in [-0.05, 0) is 68.8 Å². The molecule has 0 spiro atoms. The van der Waals surface area contributed by atoms with Crippen LogP contribution >= 0.6 is 0 Å². The summed E-state index contributed by atoms with van der Waals surface area (Å²) in [4.78, 5) is 31.2. The number of nitrogens with zero attached hydrogens (tertiary/aromatic N) is 6. The van der Waals surface area contributed by atoms with E-state index in [4.69, 9.17) is 35.6 Å². The normalized spacial score (nSPS) is 11.0. The number of hydrogen-bond acceptors (Lipinski definition) is 7. The first-order valence-electron chi connectivity index (χ1n) is 22.2. The van der Waals surface area contributed by atoms with Crippen molar-refractivity contribution >= 4 is 5.69 Å². The summed E-state index contributed by atoms with van der Waals surface area (Å²) < 4.78 is 0. The minimum Gasteiger partial charge on any atom is -0.399 e. The summed E-state index contributed by atoms with van der Waals surface area (Å²) in [5.74, 6) is 3.43. The van der Waals surface area contributed by atoms with Crippen LogP contribution in [0.4, 0.5) is 5.69 Å². The molecule has 0 fully saturated rings. The molecule has 0 saturated carbocycles. The first kappa shape index (κ1) is 40.6. The minimum atomic E-state index is 0.556. The van der Waals surface area contributed by atoms with E-state index < -0.39 is 0 Å². The van der Waals surface area contributed by atoms with Gasteiger partial charge in [-0.15, -0.1) is 0 Å². The van der Waals surface area contributed by atoms with Crippen LogP contribution in [0.3, 0.4) is 0 Å². The molecule has 0 aliphatic heterocycles. The number of hydrogen-bond donors (Lipinski definition) is 1. The van der Waals surface area contributed by atoms with Gasteiger partial charge < -0.3 is 5.73 Å². The Morgan fingerprint density at radius 1 is 0.194 bits per heavy atom. The van der Waals surface area contributed by atoms with Gasteiger partial charge in [-0.25, -0.2) is 29.9 Å². The molecule has 0 aliphatic rings. The molecule has 2 heterocycles. The van der Waals surface area contributed by atoms with E-state index in [9.17, 15) is 0 Å².